The van der Waals surface area contributed by atoms with E-state index in [2.05, 4.69) is 11.6 Å². The van der Waals surface area contributed by atoms with E-state index < -0.39 is 10.0 Å². The fourth-order valence-corrected chi connectivity index (χ4v) is 5.44. The van der Waals surface area contributed by atoms with Gasteiger partial charge in [-0.2, -0.15) is 0 Å². The molecule has 1 aliphatic rings. The van der Waals surface area contributed by atoms with E-state index in [1.165, 1.54) is 17.8 Å². The number of nitrogens with two attached hydrogens (primary N) is 1. The molecule has 3 N–H and O–H groups in total. The number of sulfonamides is 1. The quantitative estimate of drug-likeness (QED) is 0.847. The summed E-state index contributed by atoms with van der Waals surface area (Å²) in [6.07, 6.45) is 6.12. The molecular formula is C14H24N2O2S2. The van der Waals surface area contributed by atoms with Crippen molar-refractivity contribution >= 4 is 21.4 Å². The van der Waals surface area contributed by atoms with Crippen molar-refractivity contribution in [3.63, 3.8) is 0 Å². The zero-order valence-electron chi connectivity index (χ0n) is 12.0. The van der Waals surface area contributed by atoms with Crippen LogP contribution in [0.2, 0.25) is 0 Å². The van der Waals surface area contributed by atoms with E-state index in [4.69, 9.17) is 5.73 Å². The molecule has 0 aliphatic heterocycles. The van der Waals surface area contributed by atoms with Gasteiger partial charge in [0.25, 0.3) is 0 Å². The van der Waals surface area contributed by atoms with Crippen LogP contribution in [0.5, 0.6) is 0 Å². The van der Waals surface area contributed by atoms with Gasteiger partial charge in [-0.3, -0.25) is 0 Å². The predicted octanol–water partition coefficient (Wildman–Crippen LogP) is 2.50. The van der Waals surface area contributed by atoms with Crippen molar-refractivity contribution in [1.29, 1.82) is 0 Å². The smallest absolute Gasteiger partial charge is 0.250 e. The van der Waals surface area contributed by atoms with Crippen LogP contribution >= 0.6 is 11.3 Å². The Hall–Kier alpha value is -0.430. The molecule has 1 aromatic heterocycles. The third kappa shape index (κ3) is 4.04. The van der Waals surface area contributed by atoms with Gasteiger partial charge >= 0.3 is 0 Å². The zero-order chi connectivity index (χ0) is 14.6. The Labute approximate surface area is 125 Å². The van der Waals surface area contributed by atoms with Crippen LogP contribution in [0, 0.1) is 5.92 Å². The lowest BCUT2D eigenvalue weighted by atomic mass is 9.85. The van der Waals surface area contributed by atoms with Crippen molar-refractivity contribution < 1.29 is 8.42 Å². The van der Waals surface area contributed by atoms with Crippen molar-refractivity contribution in [1.82, 2.24) is 4.72 Å². The van der Waals surface area contributed by atoms with Crippen molar-refractivity contribution in [2.24, 2.45) is 11.7 Å². The monoisotopic (exact) mass is 316 g/mol. The van der Waals surface area contributed by atoms with Gasteiger partial charge in [0.15, 0.2) is 0 Å². The average molecular weight is 316 g/mol. The number of hydrogen-bond donors (Lipinski definition) is 2. The summed E-state index contributed by atoms with van der Waals surface area (Å²) in [6.45, 7) is 2.76. The van der Waals surface area contributed by atoms with Crippen LogP contribution in [0.25, 0.3) is 0 Å². The van der Waals surface area contributed by atoms with E-state index >= 15 is 0 Å². The second kappa shape index (κ2) is 7.02. The van der Waals surface area contributed by atoms with E-state index in [9.17, 15) is 8.42 Å². The Kier molecular flexibility index (Phi) is 5.60. The molecule has 1 heterocycles. The topological polar surface area (TPSA) is 72.2 Å². The van der Waals surface area contributed by atoms with Crippen molar-refractivity contribution in [3.05, 3.63) is 17.0 Å². The molecule has 4 nitrogen and oxygen atoms in total. The van der Waals surface area contributed by atoms with Crippen molar-refractivity contribution in [2.45, 2.75) is 55.7 Å². The van der Waals surface area contributed by atoms with Crippen LogP contribution in [0.3, 0.4) is 0 Å². The minimum absolute atomic E-state index is 0.0999. The molecule has 1 fully saturated rings. The van der Waals surface area contributed by atoms with Gasteiger partial charge in [-0.05, 0) is 56.7 Å². The first-order chi connectivity index (χ1) is 9.55. The summed E-state index contributed by atoms with van der Waals surface area (Å²) in [4.78, 5) is 1.03. The highest BCUT2D eigenvalue weighted by Gasteiger charge is 2.25. The SMILES string of the molecule is CCC1CCC(NS(=O)(=O)c2ccc(CCN)s2)CC1. The Morgan fingerprint density at radius 3 is 2.60 bits per heavy atom. The molecule has 0 aromatic carbocycles. The standard InChI is InChI=1S/C14H24N2O2S2/c1-2-11-3-5-12(6-4-11)16-20(17,18)14-8-7-13(19-14)9-10-15/h7-8,11-12,16H,2-6,9-10,15H2,1H3. The molecule has 1 aliphatic carbocycles. The lowest BCUT2D eigenvalue weighted by Gasteiger charge is -2.27. The summed E-state index contributed by atoms with van der Waals surface area (Å²) in [7, 11) is -3.35. The van der Waals surface area contributed by atoms with Gasteiger partial charge in [0, 0.05) is 10.9 Å². The second-order valence-electron chi connectivity index (χ2n) is 5.51. The maximum absolute atomic E-state index is 12.3. The molecule has 20 heavy (non-hydrogen) atoms. The molecule has 0 atom stereocenters. The fourth-order valence-electron chi connectivity index (χ4n) is 2.75. The highest BCUT2D eigenvalue weighted by molar-refractivity contribution is 7.91. The van der Waals surface area contributed by atoms with Crippen LogP contribution in [0.1, 0.15) is 43.9 Å². The minimum Gasteiger partial charge on any atom is -0.330 e. The average Bonchev–Trinajstić information content (AvgIpc) is 2.89. The first kappa shape index (κ1) is 15.9. The largest absolute Gasteiger partial charge is 0.330 e. The number of thiophene rings is 1. The Balaban J connectivity index is 1.96. The molecular weight excluding hydrogens is 292 g/mol. The van der Waals surface area contributed by atoms with Gasteiger partial charge in [-0.15, -0.1) is 11.3 Å². The maximum atomic E-state index is 12.3. The van der Waals surface area contributed by atoms with E-state index in [0.717, 1.165) is 42.9 Å². The van der Waals surface area contributed by atoms with Gasteiger partial charge < -0.3 is 5.73 Å². The highest BCUT2D eigenvalue weighted by Crippen LogP contribution is 2.28. The van der Waals surface area contributed by atoms with E-state index in [1.54, 1.807) is 6.07 Å². The second-order valence-corrected chi connectivity index (χ2v) is 8.62. The number of rotatable bonds is 6. The predicted molar refractivity (Wildman–Crippen MR) is 83.4 cm³/mol. The van der Waals surface area contributed by atoms with Crippen LogP contribution in [0.4, 0.5) is 0 Å². The number of hydrogen-bond acceptors (Lipinski definition) is 4. The first-order valence-electron chi connectivity index (χ1n) is 7.36. The van der Waals surface area contributed by atoms with Crippen LogP contribution in [0.15, 0.2) is 16.3 Å². The van der Waals surface area contributed by atoms with E-state index in [1.807, 2.05) is 6.07 Å². The Bertz CT molecular complexity index is 517. The molecule has 0 bridgehead atoms. The van der Waals surface area contributed by atoms with Gasteiger partial charge in [0.05, 0.1) is 0 Å². The summed E-state index contributed by atoms with van der Waals surface area (Å²) in [5, 5.41) is 0. The van der Waals surface area contributed by atoms with Gasteiger partial charge in [0.2, 0.25) is 10.0 Å². The normalized spacial score (nSPS) is 23.9. The Morgan fingerprint density at radius 2 is 2.00 bits per heavy atom. The molecule has 6 heteroatoms. The summed E-state index contributed by atoms with van der Waals surface area (Å²) in [6, 6.07) is 3.65. The summed E-state index contributed by atoms with van der Waals surface area (Å²) in [5.74, 6) is 0.772. The first-order valence-corrected chi connectivity index (χ1v) is 9.66. The molecule has 2 rings (SSSR count). The van der Waals surface area contributed by atoms with Gasteiger partial charge in [-0.1, -0.05) is 13.3 Å². The lowest BCUT2D eigenvalue weighted by Crippen LogP contribution is -2.37. The molecule has 0 spiro atoms. The van der Waals surface area contributed by atoms with E-state index in [-0.39, 0.29) is 6.04 Å². The molecule has 0 radical (unpaired) electrons. The molecule has 114 valence electrons. The number of nitrogens with one attached hydrogen (secondary N) is 1. The van der Waals surface area contributed by atoms with Crippen molar-refractivity contribution in [2.75, 3.05) is 6.54 Å². The maximum Gasteiger partial charge on any atom is 0.250 e. The van der Waals surface area contributed by atoms with Gasteiger partial charge in [0.1, 0.15) is 4.21 Å². The molecule has 0 amide bonds. The highest BCUT2D eigenvalue weighted by atomic mass is 32.2. The molecule has 0 saturated heterocycles. The minimum atomic E-state index is -3.35. The zero-order valence-corrected chi connectivity index (χ0v) is 13.6. The summed E-state index contributed by atoms with van der Waals surface area (Å²) >= 11 is 1.33. The lowest BCUT2D eigenvalue weighted by molar-refractivity contribution is 0.306. The van der Waals surface area contributed by atoms with Crippen LogP contribution in [-0.2, 0) is 16.4 Å². The van der Waals surface area contributed by atoms with Crippen LogP contribution in [-0.4, -0.2) is 21.0 Å². The fraction of sp³-hybridized carbons (Fsp3) is 0.714. The molecule has 1 saturated carbocycles. The molecule has 1 aromatic rings. The van der Waals surface area contributed by atoms with Gasteiger partial charge in [-0.25, -0.2) is 13.1 Å². The van der Waals surface area contributed by atoms with Crippen LogP contribution < -0.4 is 10.5 Å². The summed E-state index contributed by atoms with van der Waals surface area (Å²) < 4.78 is 28.0. The molecule has 0 unspecified atom stereocenters. The van der Waals surface area contributed by atoms with Crippen molar-refractivity contribution in [3.8, 4) is 0 Å². The summed E-state index contributed by atoms with van der Waals surface area (Å²) in [5.41, 5.74) is 5.50. The third-order valence-electron chi connectivity index (χ3n) is 4.04. The third-order valence-corrected chi connectivity index (χ3v) is 7.20. The Morgan fingerprint density at radius 1 is 1.30 bits per heavy atom. The van der Waals surface area contributed by atoms with E-state index in [0.29, 0.717) is 10.8 Å².